The molecule has 1 aliphatic heterocycles. The molecule has 0 fully saturated rings. The number of pyridine rings is 1. The van der Waals surface area contributed by atoms with Crippen molar-refractivity contribution in [2.45, 2.75) is 6.04 Å². The van der Waals surface area contributed by atoms with Crippen molar-refractivity contribution >= 4 is 23.5 Å². The number of H-pyrrole nitrogens is 1. The number of aromatic amines is 1. The van der Waals surface area contributed by atoms with E-state index in [1.54, 1.807) is 24.7 Å². The van der Waals surface area contributed by atoms with Gasteiger partial charge in [-0.3, -0.25) is 14.9 Å². The lowest BCUT2D eigenvalue weighted by molar-refractivity contribution is -0.119. The molecule has 0 bridgehead atoms. The van der Waals surface area contributed by atoms with Crippen molar-refractivity contribution in [1.29, 1.82) is 0 Å². The number of amides is 1. The SMILES string of the molecule is O=C1C(c2cccnc2)Nc2nccnc2N1c1nc[nH]n1. The molecule has 0 radical (unpaired) electrons. The second-order valence-corrected chi connectivity index (χ2v) is 4.57. The van der Waals surface area contributed by atoms with Gasteiger partial charge in [-0.15, -0.1) is 5.10 Å². The summed E-state index contributed by atoms with van der Waals surface area (Å²) in [6.45, 7) is 0. The zero-order chi connectivity index (χ0) is 14.9. The van der Waals surface area contributed by atoms with E-state index in [9.17, 15) is 4.79 Å². The van der Waals surface area contributed by atoms with Crippen LogP contribution in [0.25, 0.3) is 0 Å². The number of hydrogen-bond acceptors (Lipinski definition) is 7. The fourth-order valence-corrected chi connectivity index (χ4v) is 2.30. The number of carbonyl (C=O) groups excluding carboxylic acids is 1. The maximum absolute atomic E-state index is 12.9. The van der Waals surface area contributed by atoms with E-state index in [2.05, 4.69) is 35.5 Å². The zero-order valence-electron chi connectivity index (χ0n) is 11.2. The van der Waals surface area contributed by atoms with Crippen LogP contribution in [0, 0.1) is 0 Å². The van der Waals surface area contributed by atoms with Crippen molar-refractivity contribution in [2.75, 3.05) is 10.2 Å². The summed E-state index contributed by atoms with van der Waals surface area (Å²) < 4.78 is 0. The Kier molecular flexibility index (Phi) is 2.75. The maximum Gasteiger partial charge on any atom is 0.262 e. The Balaban J connectivity index is 1.85. The van der Waals surface area contributed by atoms with Crippen LogP contribution < -0.4 is 10.2 Å². The summed E-state index contributed by atoms with van der Waals surface area (Å²) in [6.07, 6.45) is 7.75. The van der Waals surface area contributed by atoms with Gasteiger partial charge in [-0.2, -0.15) is 4.98 Å². The highest BCUT2D eigenvalue weighted by atomic mass is 16.2. The maximum atomic E-state index is 12.9. The third kappa shape index (κ3) is 1.87. The van der Waals surface area contributed by atoms with Gasteiger partial charge in [0.15, 0.2) is 11.6 Å². The first kappa shape index (κ1) is 12.4. The summed E-state index contributed by atoms with van der Waals surface area (Å²) in [7, 11) is 0. The molecule has 4 rings (SSSR count). The quantitative estimate of drug-likeness (QED) is 0.719. The molecule has 1 amide bonds. The number of carbonyl (C=O) groups is 1. The second-order valence-electron chi connectivity index (χ2n) is 4.57. The number of hydrogen-bond donors (Lipinski definition) is 2. The number of nitrogens with one attached hydrogen (secondary N) is 2. The molecule has 22 heavy (non-hydrogen) atoms. The van der Waals surface area contributed by atoms with Crippen LogP contribution in [0.4, 0.5) is 17.6 Å². The topological polar surface area (TPSA) is 113 Å². The summed E-state index contributed by atoms with van der Waals surface area (Å²) in [5, 5.41) is 9.66. The zero-order valence-corrected chi connectivity index (χ0v) is 11.2. The summed E-state index contributed by atoms with van der Waals surface area (Å²) in [4.78, 5) is 30.7. The van der Waals surface area contributed by atoms with E-state index in [1.165, 1.54) is 17.4 Å². The predicted molar refractivity (Wildman–Crippen MR) is 76.2 cm³/mol. The fourth-order valence-electron chi connectivity index (χ4n) is 2.30. The largest absolute Gasteiger partial charge is 0.352 e. The fraction of sp³-hybridized carbons (Fsp3) is 0.0769. The molecular formula is C13H10N8O. The molecule has 1 aliphatic rings. The third-order valence-electron chi connectivity index (χ3n) is 3.26. The first-order valence-corrected chi connectivity index (χ1v) is 6.52. The van der Waals surface area contributed by atoms with Gasteiger partial charge in [-0.05, 0) is 6.07 Å². The number of anilines is 3. The van der Waals surface area contributed by atoms with E-state index >= 15 is 0 Å². The molecule has 1 atom stereocenters. The number of rotatable bonds is 2. The molecule has 2 N–H and O–H groups in total. The Labute approximate surface area is 124 Å². The Morgan fingerprint density at radius 3 is 2.82 bits per heavy atom. The highest BCUT2D eigenvalue weighted by Crippen LogP contribution is 2.36. The molecule has 0 saturated heterocycles. The second kappa shape index (κ2) is 4.88. The van der Waals surface area contributed by atoms with Crippen molar-refractivity contribution in [3.05, 3.63) is 48.8 Å². The molecule has 9 nitrogen and oxygen atoms in total. The molecule has 0 spiro atoms. The summed E-state index contributed by atoms with van der Waals surface area (Å²) in [5.41, 5.74) is 0.726. The smallest absolute Gasteiger partial charge is 0.262 e. The average Bonchev–Trinajstić information content (AvgIpc) is 3.09. The highest BCUT2D eigenvalue weighted by molar-refractivity contribution is 6.07. The highest BCUT2D eigenvalue weighted by Gasteiger charge is 2.37. The van der Waals surface area contributed by atoms with E-state index < -0.39 is 6.04 Å². The molecule has 9 heteroatoms. The van der Waals surface area contributed by atoms with Gasteiger partial charge in [0.2, 0.25) is 0 Å². The van der Waals surface area contributed by atoms with Gasteiger partial charge in [0.05, 0.1) is 0 Å². The minimum absolute atomic E-state index is 0.224. The Bertz CT molecular complexity index is 804. The minimum atomic E-state index is -0.628. The van der Waals surface area contributed by atoms with Gasteiger partial charge in [0, 0.05) is 30.4 Å². The summed E-state index contributed by atoms with van der Waals surface area (Å²) in [5.74, 6) is 0.829. The molecule has 4 heterocycles. The van der Waals surface area contributed by atoms with Gasteiger partial charge in [0.1, 0.15) is 12.4 Å². The molecule has 0 aliphatic carbocycles. The van der Waals surface area contributed by atoms with Crippen molar-refractivity contribution in [1.82, 2.24) is 30.1 Å². The van der Waals surface area contributed by atoms with Crippen LogP contribution in [0.1, 0.15) is 11.6 Å². The van der Waals surface area contributed by atoms with Crippen molar-refractivity contribution in [3.63, 3.8) is 0 Å². The first-order chi connectivity index (χ1) is 10.8. The van der Waals surface area contributed by atoms with Crippen LogP contribution in [-0.2, 0) is 4.79 Å². The van der Waals surface area contributed by atoms with Crippen LogP contribution >= 0.6 is 0 Å². The van der Waals surface area contributed by atoms with Crippen LogP contribution in [0.3, 0.4) is 0 Å². The lowest BCUT2D eigenvalue weighted by Gasteiger charge is -2.31. The van der Waals surface area contributed by atoms with E-state index in [-0.39, 0.29) is 11.9 Å². The Hall–Kier alpha value is -3.36. The number of fused-ring (bicyclic) bond motifs is 1. The van der Waals surface area contributed by atoms with Crippen molar-refractivity contribution < 1.29 is 4.79 Å². The van der Waals surface area contributed by atoms with Gasteiger partial charge >= 0.3 is 0 Å². The minimum Gasteiger partial charge on any atom is -0.352 e. The lowest BCUT2D eigenvalue weighted by Crippen LogP contribution is -2.40. The van der Waals surface area contributed by atoms with Gasteiger partial charge in [-0.1, -0.05) is 6.07 Å². The molecular weight excluding hydrogens is 284 g/mol. The average molecular weight is 294 g/mol. The van der Waals surface area contributed by atoms with E-state index in [1.807, 2.05) is 6.07 Å². The van der Waals surface area contributed by atoms with Gasteiger partial charge in [-0.25, -0.2) is 14.9 Å². The van der Waals surface area contributed by atoms with E-state index in [4.69, 9.17) is 0 Å². The summed E-state index contributed by atoms with van der Waals surface area (Å²) >= 11 is 0. The Morgan fingerprint density at radius 1 is 1.14 bits per heavy atom. The van der Waals surface area contributed by atoms with Gasteiger partial charge in [0.25, 0.3) is 11.9 Å². The predicted octanol–water partition coefficient (Wildman–Crippen LogP) is 0.821. The normalized spacial score (nSPS) is 17.0. The van der Waals surface area contributed by atoms with Crippen LogP contribution in [-0.4, -0.2) is 36.0 Å². The standard InChI is InChI=1S/C13H10N8O/c22-12-9(8-2-1-3-14-6-8)19-10-11(16-5-4-15-10)21(12)13-17-7-18-20-13/h1-7,9H,(H,15,19)(H,17,18,20). The number of aromatic nitrogens is 6. The van der Waals surface area contributed by atoms with Crippen molar-refractivity contribution in [3.8, 4) is 0 Å². The lowest BCUT2D eigenvalue weighted by atomic mass is 10.1. The van der Waals surface area contributed by atoms with Crippen LogP contribution in [0.5, 0.6) is 0 Å². The summed E-state index contributed by atoms with van der Waals surface area (Å²) in [6, 6.07) is 2.96. The van der Waals surface area contributed by atoms with Gasteiger partial charge < -0.3 is 5.32 Å². The monoisotopic (exact) mass is 294 g/mol. The Morgan fingerprint density at radius 2 is 2.05 bits per heavy atom. The molecule has 3 aromatic rings. The van der Waals surface area contributed by atoms with Crippen LogP contribution in [0.2, 0.25) is 0 Å². The molecule has 0 aromatic carbocycles. The molecule has 0 saturated carbocycles. The molecule has 1 unspecified atom stereocenters. The molecule has 108 valence electrons. The van der Waals surface area contributed by atoms with E-state index in [0.717, 1.165) is 5.56 Å². The van der Waals surface area contributed by atoms with E-state index in [0.29, 0.717) is 11.6 Å². The number of nitrogens with zero attached hydrogens (tertiary/aromatic N) is 6. The molecule has 3 aromatic heterocycles. The van der Waals surface area contributed by atoms with Crippen LogP contribution in [0.15, 0.2) is 43.2 Å². The third-order valence-corrected chi connectivity index (χ3v) is 3.26. The first-order valence-electron chi connectivity index (χ1n) is 6.52. The van der Waals surface area contributed by atoms with Crippen molar-refractivity contribution in [2.24, 2.45) is 0 Å².